The number of rotatable bonds is 8. The topological polar surface area (TPSA) is 64.1 Å². The Labute approximate surface area is 193 Å². The molecule has 1 unspecified atom stereocenters. The maximum Gasteiger partial charge on any atom is 0.191 e. The summed E-state index contributed by atoms with van der Waals surface area (Å²) in [5.74, 6) is 0.773. The SMILES string of the molecule is CN=C(NCc1cccc(COC2CCOCC2)c1)NCC(OC)C(C)(C)C.I. The minimum Gasteiger partial charge on any atom is -0.381 e. The van der Waals surface area contributed by atoms with Gasteiger partial charge in [0.25, 0.3) is 0 Å². The zero-order valence-corrected chi connectivity index (χ0v) is 20.8. The fraction of sp³-hybridized carbons (Fsp3) is 0.682. The zero-order chi connectivity index (χ0) is 20.4. The van der Waals surface area contributed by atoms with Gasteiger partial charge in [-0.1, -0.05) is 45.0 Å². The minimum atomic E-state index is 0. The van der Waals surface area contributed by atoms with E-state index in [1.165, 1.54) is 11.1 Å². The smallest absolute Gasteiger partial charge is 0.191 e. The highest BCUT2D eigenvalue weighted by molar-refractivity contribution is 14.0. The number of hydrogen-bond acceptors (Lipinski definition) is 4. The van der Waals surface area contributed by atoms with Crippen molar-refractivity contribution in [2.75, 3.05) is 33.9 Å². The van der Waals surface area contributed by atoms with Gasteiger partial charge in [-0.2, -0.15) is 0 Å². The second-order valence-corrected chi connectivity index (χ2v) is 8.34. The Balaban J connectivity index is 0.00000420. The highest BCUT2D eigenvalue weighted by Crippen LogP contribution is 2.21. The number of halogens is 1. The Morgan fingerprint density at radius 1 is 1.21 bits per heavy atom. The molecule has 6 nitrogen and oxygen atoms in total. The van der Waals surface area contributed by atoms with Gasteiger partial charge in [-0.3, -0.25) is 4.99 Å². The summed E-state index contributed by atoms with van der Waals surface area (Å²) in [6, 6.07) is 8.50. The molecule has 0 spiro atoms. The van der Waals surface area contributed by atoms with Gasteiger partial charge in [-0.15, -0.1) is 24.0 Å². The van der Waals surface area contributed by atoms with Crippen LogP contribution in [0.1, 0.15) is 44.7 Å². The molecule has 166 valence electrons. The van der Waals surface area contributed by atoms with Gasteiger partial charge in [-0.25, -0.2) is 0 Å². The standard InChI is InChI=1S/C22H37N3O3.HI/c1-22(2,3)20(26-5)15-25-21(23-4)24-14-17-7-6-8-18(13-17)16-28-19-9-11-27-12-10-19;/h6-8,13,19-20H,9-12,14-16H2,1-5H3,(H2,23,24,25);1H. The van der Waals surface area contributed by atoms with Gasteiger partial charge in [0.05, 0.1) is 18.8 Å². The molecule has 0 aromatic heterocycles. The molecule has 2 rings (SSSR count). The molecular weight excluding hydrogens is 481 g/mol. The van der Waals surface area contributed by atoms with Crippen molar-refractivity contribution in [1.29, 1.82) is 0 Å². The molecule has 0 saturated carbocycles. The summed E-state index contributed by atoms with van der Waals surface area (Å²) >= 11 is 0. The number of benzene rings is 1. The molecule has 1 aromatic rings. The first-order valence-corrected chi connectivity index (χ1v) is 10.2. The van der Waals surface area contributed by atoms with Crippen LogP contribution in [-0.4, -0.2) is 52.1 Å². The van der Waals surface area contributed by atoms with Crippen molar-refractivity contribution in [3.63, 3.8) is 0 Å². The van der Waals surface area contributed by atoms with Crippen molar-refractivity contribution in [2.45, 2.75) is 59.0 Å². The molecule has 0 amide bonds. The predicted octanol–water partition coefficient (Wildman–Crippen LogP) is 3.73. The third-order valence-electron chi connectivity index (χ3n) is 5.03. The van der Waals surface area contributed by atoms with E-state index in [4.69, 9.17) is 14.2 Å². The first kappa shape index (κ1) is 26.1. The molecule has 1 heterocycles. The lowest BCUT2D eigenvalue weighted by Gasteiger charge is -2.30. The summed E-state index contributed by atoms with van der Waals surface area (Å²) in [7, 11) is 3.54. The summed E-state index contributed by atoms with van der Waals surface area (Å²) < 4.78 is 17.0. The van der Waals surface area contributed by atoms with Crippen LogP contribution in [0.3, 0.4) is 0 Å². The van der Waals surface area contributed by atoms with Gasteiger partial charge in [0.2, 0.25) is 0 Å². The molecule has 1 atom stereocenters. The maximum atomic E-state index is 6.03. The second kappa shape index (κ2) is 13.4. The Morgan fingerprint density at radius 3 is 2.52 bits per heavy atom. The van der Waals surface area contributed by atoms with Crippen LogP contribution in [0.15, 0.2) is 29.3 Å². The van der Waals surface area contributed by atoms with E-state index in [1.807, 2.05) is 0 Å². The van der Waals surface area contributed by atoms with Gasteiger partial charge in [0.1, 0.15) is 0 Å². The van der Waals surface area contributed by atoms with Gasteiger partial charge in [-0.05, 0) is 29.4 Å². The fourth-order valence-electron chi connectivity index (χ4n) is 3.22. The number of nitrogens with zero attached hydrogens (tertiary/aromatic N) is 1. The van der Waals surface area contributed by atoms with E-state index in [0.29, 0.717) is 25.8 Å². The molecule has 1 aromatic carbocycles. The predicted molar refractivity (Wildman–Crippen MR) is 129 cm³/mol. The quantitative estimate of drug-likeness (QED) is 0.312. The van der Waals surface area contributed by atoms with Crippen molar-refractivity contribution >= 4 is 29.9 Å². The molecule has 2 N–H and O–H groups in total. The third-order valence-corrected chi connectivity index (χ3v) is 5.03. The van der Waals surface area contributed by atoms with E-state index < -0.39 is 0 Å². The molecule has 0 bridgehead atoms. The largest absolute Gasteiger partial charge is 0.381 e. The van der Waals surface area contributed by atoms with Crippen LogP contribution in [-0.2, 0) is 27.4 Å². The van der Waals surface area contributed by atoms with E-state index in [2.05, 4.69) is 60.7 Å². The summed E-state index contributed by atoms with van der Waals surface area (Å²) in [6.07, 6.45) is 2.40. The van der Waals surface area contributed by atoms with Crippen LogP contribution in [0.4, 0.5) is 0 Å². The Hall–Kier alpha value is -0.900. The molecule has 1 saturated heterocycles. The number of aliphatic imine (C=N–C) groups is 1. The Bertz CT molecular complexity index is 614. The summed E-state index contributed by atoms with van der Waals surface area (Å²) in [4.78, 5) is 4.31. The number of guanidine groups is 1. The zero-order valence-electron chi connectivity index (χ0n) is 18.5. The van der Waals surface area contributed by atoms with Crippen molar-refractivity contribution in [1.82, 2.24) is 10.6 Å². The lowest BCUT2D eigenvalue weighted by Crippen LogP contribution is -2.45. The maximum absolute atomic E-state index is 6.03. The molecule has 0 aliphatic carbocycles. The van der Waals surface area contributed by atoms with Crippen LogP contribution in [0.5, 0.6) is 0 Å². The van der Waals surface area contributed by atoms with Crippen molar-refractivity contribution in [3.8, 4) is 0 Å². The minimum absolute atomic E-state index is 0. The van der Waals surface area contributed by atoms with Crippen LogP contribution in [0, 0.1) is 5.41 Å². The average molecular weight is 519 g/mol. The Kier molecular flexibility index (Phi) is 12.1. The van der Waals surface area contributed by atoms with Crippen LogP contribution < -0.4 is 10.6 Å². The van der Waals surface area contributed by atoms with E-state index in [1.54, 1.807) is 14.2 Å². The number of methoxy groups -OCH3 is 1. The van der Waals surface area contributed by atoms with Crippen LogP contribution >= 0.6 is 24.0 Å². The van der Waals surface area contributed by atoms with Crippen molar-refractivity contribution in [3.05, 3.63) is 35.4 Å². The molecule has 0 radical (unpaired) electrons. The molecule has 1 fully saturated rings. The Morgan fingerprint density at radius 2 is 1.90 bits per heavy atom. The van der Waals surface area contributed by atoms with Crippen LogP contribution in [0.2, 0.25) is 0 Å². The van der Waals surface area contributed by atoms with E-state index in [-0.39, 0.29) is 35.5 Å². The second-order valence-electron chi connectivity index (χ2n) is 8.34. The summed E-state index contributed by atoms with van der Waals surface area (Å²) in [6.45, 7) is 10.2. The van der Waals surface area contributed by atoms with Crippen LogP contribution in [0.25, 0.3) is 0 Å². The van der Waals surface area contributed by atoms with Gasteiger partial charge >= 0.3 is 0 Å². The lowest BCUT2D eigenvalue weighted by molar-refractivity contribution is -0.0390. The average Bonchev–Trinajstić information content (AvgIpc) is 2.69. The van der Waals surface area contributed by atoms with E-state index >= 15 is 0 Å². The monoisotopic (exact) mass is 519 g/mol. The summed E-state index contributed by atoms with van der Waals surface area (Å²) in [5, 5.41) is 6.73. The first-order chi connectivity index (χ1) is 13.4. The number of ether oxygens (including phenoxy) is 3. The van der Waals surface area contributed by atoms with Crippen molar-refractivity contribution in [2.24, 2.45) is 10.4 Å². The normalized spacial score (nSPS) is 16.8. The highest BCUT2D eigenvalue weighted by atomic mass is 127. The van der Waals surface area contributed by atoms with Gasteiger partial charge in [0.15, 0.2) is 5.96 Å². The highest BCUT2D eigenvalue weighted by Gasteiger charge is 2.24. The molecule has 29 heavy (non-hydrogen) atoms. The molecule has 7 heteroatoms. The fourth-order valence-corrected chi connectivity index (χ4v) is 3.22. The molecular formula is C22H38IN3O3. The first-order valence-electron chi connectivity index (χ1n) is 10.2. The molecule has 1 aliphatic heterocycles. The third kappa shape index (κ3) is 9.63. The molecule has 1 aliphatic rings. The van der Waals surface area contributed by atoms with Gasteiger partial charge in [0, 0.05) is 40.5 Å². The van der Waals surface area contributed by atoms with Crippen molar-refractivity contribution < 1.29 is 14.2 Å². The number of nitrogens with one attached hydrogen (secondary N) is 2. The van der Waals surface area contributed by atoms with E-state index in [9.17, 15) is 0 Å². The van der Waals surface area contributed by atoms with Gasteiger partial charge < -0.3 is 24.8 Å². The van der Waals surface area contributed by atoms with E-state index in [0.717, 1.165) is 32.0 Å². The number of hydrogen-bond donors (Lipinski definition) is 2. The lowest BCUT2D eigenvalue weighted by atomic mass is 9.89. The summed E-state index contributed by atoms with van der Waals surface area (Å²) in [5.41, 5.74) is 2.47.